The average molecular weight is 348 g/mol. The van der Waals surface area contributed by atoms with Gasteiger partial charge in [0.2, 0.25) is 5.90 Å². The van der Waals surface area contributed by atoms with Crippen LogP contribution >= 0.6 is 27.3 Å². The zero-order chi connectivity index (χ0) is 14.1. The van der Waals surface area contributed by atoms with Gasteiger partial charge in [-0.05, 0) is 43.3 Å². The van der Waals surface area contributed by atoms with Gasteiger partial charge in [-0.25, -0.2) is 9.79 Å². The van der Waals surface area contributed by atoms with E-state index in [9.17, 15) is 4.79 Å². The molecule has 0 atom stereocenters. The van der Waals surface area contributed by atoms with E-state index in [2.05, 4.69) is 20.9 Å². The molecule has 100 valence electrons. The molecule has 0 radical (unpaired) electrons. The first-order valence-corrected chi connectivity index (χ1v) is 7.58. The summed E-state index contributed by atoms with van der Waals surface area (Å²) in [6, 6.07) is 11.5. The molecule has 2 heterocycles. The van der Waals surface area contributed by atoms with E-state index in [0.717, 1.165) is 14.9 Å². The van der Waals surface area contributed by atoms with Crippen LogP contribution in [-0.4, -0.2) is 11.9 Å². The molecule has 0 saturated carbocycles. The second kappa shape index (κ2) is 5.34. The number of hydrogen-bond donors (Lipinski definition) is 0. The van der Waals surface area contributed by atoms with E-state index >= 15 is 0 Å². The molecular weight excluding hydrogens is 338 g/mol. The Bertz CT molecular complexity index is 746. The lowest BCUT2D eigenvalue weighted by molar-refractivity contribution is -0.129. The number of benzene rings is 1. The highest BCUT2D eigenvalue weighted by Gasteiger charge is 2.24. The fourth-order valence-electron chi connectivity index (χ4n) is 1.82. The number of carbonyl (C=O) groups excluding carboxylic acids is 1. The summed E-state index contributed by atoms with van der Waals surface area (Å²) < 4.78 is 6.14. The van der Waals surface area contributed by atoms with Crippen LogP contribution in [0.25, 0.3) is 6.08 Å². The summed E-state index contributed by atoms with van der Waals surface area (Å²) in [6.45, 7) is 2.02. The number of cyclic esters (lactones) is 1. The lowest BCUT2D eigenvalue weighted by Gasteiger charge is -1.99. The molecule has 2 aromatic rings. The van der Waals surface area contributed by atoms with Crippen LogP contribution in [0.3, 0.4) is 0 Å². The number of nitrogens with zero attached hydrogens (tertiary/aromatic N) is 1. The lowest BCUT2D eigenvalue weighted by atomic mass is 10.2. The normalized spacial score (nSPS) is 16.4. The highest BCUT2D eigenvalue weighted by Crippen LogP contribution is 2.23. The van der Waals surface area contributed by atoms with E-state index in [4.69, 9.17) is 4.74 Å². The first kappa shape index (κ1) is 13.3. The summed E-state index contributed by atoms with van der Waals surface area (Å²) >= 11 is 5.00. The van der Waals surface area contributed by atoms with Crippen LogP contribution in [0.15, 0.2) is 51.6 Å². The Balaban J connectivity index is 1.94. The summed E-state index contributed by atoms with van der Waals surface area (Å²) in [4.78, 5) is 18.3. The van der Waals surface area contributed by atoms with Crippen molar-refractivity contribution in [2.45, 2.75) is 6.92 Å². The minimum absolute atomic E-state index is 0.335. The number of rotatable bonds is 2. The second-order valence-corrected chi connectivity index (χ2v) is 6.53. The Morgan fingerprint density at radius 1 is 1.30 bits per heavy atom. The first-order chi connectivity index (χ1) is 9.61. The Morgan fingerprint density at radius 2 is 2.15 bits per heavy atom. The molecule has 1 aliphatic rings. The van der Waals surface area contributed by atoms with Gasteiger partial charge in [0.15, 0.2) is 5.70 Å². The monoisotopic (exact) mass is 347 g/mol. The van der Waals surface area contributed by atoms with Crippen LogP contribution in [0.5, 0.6) is 0 Å². The van der Waals surface area contributed by atoms with Crippen LogP contribution in [0, 0.1) is 6.92 Å². The van der Waals surface area contributed by atoms with Crippen LogP contribution in [-0.2, 0) is 9.53 Å². The van der Waals surface area contributed by atoms with Crippen LogP contribution in [0.4, 0.5) is 0 Å². The quantitative estimate of drug-likeness (QED) is 0.604. The molecule has 0 N–H and O–H groups in total. The molecule has 0 bridgehead atoms. The zero-order valence-corrected chi connectivity index (χ0v) is 13.0. The first-order valence-electron chi connectivity index (χ1n) is 5.97. The minimum atomic E-state index is -0.411. The van der Waals surface area contributed by atoms with Gasteiger partial charge >= 0.3 is 5.97 Å². The second-order valence-electron chi connectivity index (χ2n) is 4.29. The van der Waals surface area contributed by atoms with Crippen molar-refractivity contribution in [1.29, 1.82) is 0 Å². The van der Waals surface area contributed by atoms with Crippen molar-refractivity contribution in [1.82, 2.24) is 0 Å². The Morgan fingerprint density at radius 3 is 2.85 bits per heavy atom. The van der Waals surface area contributed by atoms with E-state index in [1.165, 1.54) is 4.88 Å². The lowest BCUT2D eigenvalue weighted by Crippen LogP contribution is -2.05. The molecule has 5 heteroatoms. The highest BCUT2D eigenvalue weighted by molar-refractivity contribution is 9.10. The molecule has 0 saturated heterocycles. The smallest absolute Gasteiger partial charge is 0.363 e. The summed E-state index contributed by atoms with van der Waals surface area (Å²) in [6.07, 6.45) is 1.75. The van der Waals surface area contributed by atoms with Gasteiger partial charge in [0.1, 0.15) is 0 Å². The van der Waals surface area contributed by atoms with Crippen molar-refractivity contribution in [2.75, 3.05) is 0 Å². The van der Waals surface area contributed by atoms with E-state index in [-0.39, 0.29) is 0 Å². The van der Waals surface area contributed by atoms with Crippen molar-refractivity contribution in [3.63, 3.8) is 0 Å². The van der Waals surface area contributed by atoms with Crippen LogP contribution < -0.4 is 0 Å². The van der Waals surface area contributed by atoms with Crippen LogP contribution in [0.1, 0.15) is 15.3 Å². The number of carbonyl (C=O) groups is 1. The number of hydrogen-bond acceptors (Lipinski definition) is 4. The standard InChI is InChI=1S/C15H10BrNO2S/c1-9-5-6-12(20-9)8-13-15(18)19-14(17-13)10-3-2-4-11(16)7-10/h2-8H,1H3/b13-8-. The molecule has 0 amide bonds. The SMILES string of the molecule is Cc1ccc(/C=C2\N=C(c3cccc(Br)c3)OC2=O)s1. The van der Waals surface area contributed by atoms with Gasteiger partial charge in [0.25, 0.3) is 0 Å². The predicted octanol–water partition coefficient (Wildman–Crippen LogP) is 4.16. The summed E-state index contributed by atoms with van der Waals surface area (Å²) in [5, 5.41) is 0. The van der Waals surface area contributed by atoms with Crippen molar-refractivity contribution >= 4 is 45.2 Å². The average Bonchev–Trinajstić information content (AvgIpc) is 2.97. The van der Waals surface area contributed by atoms with Gasteiger partial charge in [-0.2, -0.15) is 0 Å². The summed E-state index contributed by atoms with van der Waals surface area (Å²) in [7, 11) is 0. The van der Waals surface area contributed by atoms with Crippen molar-refractivity contribution in [3.8, 4) is 0 Å². The van der Waals surface area contributed by atoms with Gasteiger partial charge in [-0.15, -0.1) is 11.3 Å². The Labute approximate surface area is 128 Å². The molecule has 0 unspecified atom stereocenters. The van der Waals surface area contributed by atoms with Gasteiger partial charge in [-0.1, -0.05) is 22.0 Å². The van der Waals surface area contributed by atoms with E-state index in [1.54, 1.807) is 17.4 Å². The molecule has 3 nitrogen and oxygen atoms in total. The maximum atomic E-state index is 11.8. The fourth-order valence-corrected chi connectivity index (χ4v) is 3.03. The Hall–Kier alpha value is -1.72. The Kier molecular flexibility index (Phi) is 3.54. The number of ether oxygens (including phenoxy) is 1. The minimum Gasteiger partial charge on any atom is -0.402 e. The molecule has 1 aromatic heterocycles. The largest absolute Gasteiger partial charge is 0.402 e. The third-order valence-corrected chi connectivity index (χ3v) is 4.17. The van der Waals surface area contributed by atoms with Crippen molar-refractivity contribution in [2.24, 2.45) is 4.99 Å². The molecule has 0 spiro atoms. The number of halogens is 1. The zero-order valence-electron chi connectivity index (χ0n) is 10.6. The van der Waals surface area contributed by atoms with Gasteiger partial charge in [-0.3, -0.25) is 0 Å². The number of aryl methyl sites for hydroxylation is 1. The van der Waals surface area contributed by atoms with E-state index < -0.39 is 5.97 Å². The van der Waals surface area contributed by atoms with Gasteiger partial charge in [0.05, 0.1) is 0 Å². The van der Waals surface area contributed by atoms with E-state index in [1.807, 2.05) is 43.3 Å². The van der Waals surface area contributed by atoms with Gasteiger partial charge < -0.3 is 4.74 Å². The maximum absolute atomic E-state index is 11.8. The molecule has 0 aliphatic carbocycles. The van der Waals surface area contributed by atoms with Crippen molar-refractivity contribution < 1.29 is 9.53 Å². The topological polar surface area (TPSA) is 38.7 Å². The molecular formula is C15H10BrNO2S. The summed E-state index contributed by atoms with van der Waals surface area (Å²) in [5.74, 6) is -0.0677. The molecule has 0 fully saturated rings. The maximum Gasteiger partial charge on any atom is 0.363 e. The van der Waals surface area contributed by atoms with Gasteiger partial charge in [0, 0.05) is 19.8 Å². The van der Waals surface area contributed by atoms with Crippen molar-refractivity contribution in [3.05, 3.63) is 61.9 Å². The molecule has 20 heavy (non-hydrogen) atoms. The fraction of sp³-hybridized carbons (Fsp3) is 0.0667. The third kappa shape index (κ3) is 2.73. The predicted molar refractivity (Wildman–Crippen MR) is 83.8 cm³/mol. The molecule has 1 aromatic carbocycles. The molecule has 3 rings (SSSR count). The van der Waals surface area contributed by atoms with Crippen LogP contribution in [0.2, 0.25) is 0 Å². The number of esters is 1. The molecule has 1 aliphatic heterocycles. The number of aliphatic imine (C=N–C) groups is 1. The summed E-state index contributed by atoms with van der Waals surface area (Å²) in [5.41, 5.74) is 1.11. The van der Waals surface area contributed by atoms with E-state index in [0.29, 0.717) is 11.6 Å². The third-order valence-electron chi connectivity index (χ3n) is 2.73. The number of thiophene rings is 1. The highest BCUT2D eigenvalue weighted by atomic mass is 79.9.